The van der Waals surface area contributed by atoms with Gasteiger partial charge in [0.25, 0.3) is 0 Å². The number of hydrogen-bond acceptors (Lipinski definition) is 1. The normalized spacial score (nSPS) is 32.3. The third-order valence-corrected chi connectivity index (χ3v) is 5.41. The fourth-order valence-electron chi connectivity index (χ4n) is 1.32. The lowest BCUT2D eigenvalue weighted by Crippen LogP contribution is -2.23. The summed E-state index contributed by atoms with van der Waals surface area (Å²) >= 11 is 0. The molecule has 0 aromatic carbocycles. The van der Waals surface area contributed by atoms with Crippen molar-refractivity contribution in [3.8, 4) is 0 Å². The predicted molar refractivity (Wildman–Crippen MR) is 43.4 cm³/mol. The molecule has 0 saturated heterocycles. The van der Waals surface area contributed by atoms with Crippen molar-refractivity contribution < 1.29 is 4.21 Å². The van der Waals surface area contributed by atoms with Crippen LogP contribution in [0.2, 0.25) is 0 Å². The summed E-state index contributed by atoms with van der Waals surface area (Å²) in [6.45, 7) is 4.32. The van der Waals surface area contributed by atoms with E-state index in [0.29, 0.717) is 0 Å². The molecule has 0 aromatic rings. The van der Waals surface area contributed by atoms with E-state index in [-0.39, 0.29) is 9.49 Å². The zero-order chi connectivity index (χ0) is 7.41. The van der Waals surface area contributed by atoms with E-state index in [1.165, 1.54) is 25.7 Å². The summed E-state index contributed by atoms with van der Waals surface area (Å²) in [4.78, 5) is 0. The van der Waals surface area contributed by atoms with Crippen LogP contribution in [0.5, 0.6) is 0 Å². The second-order valence-electron chi connectivity index (χ2n) is 4.17. The van der Waals surface area contributed by atoms with Crippen LogP contribution in [0.15, 0.2) is 0 Å². The highest BCUT2D eigenvalue weighted by molar-refractivity contribution is 7.88. The zero-order valence-electron chi connectivity index (χ0n) is 6.64. The van der Waals surface area contributed by atoms with Crippen molar-refractivity contribution in [3.63, 3.8) is 0 Å². The topological polar surface area (TPSA) is 17.1 Å². The lowest BCUT2D eigenvalue weighted by Gasteiger charge is -2.13. The van der Waals surface area contributed by atoms with Gasteiger partial charge in [0.1, 0.15) is 0 Å². The van der Waals surface area contributed by atoms with Crippen molar-refractivity contribution >= 4 is 10.8 Å². The molecule has 0 amide bonds. The third-order valence-electron chi connectivity index (χ3n) is 2.80. The highest BCUT2D eigenvalue weighted by atomic mass is 32.2. The van der Waals surface area contributed by atoms with Gasteiger partial charge >= 0.3 is 0 Å². The summed E-state index contributed by atoms with van der Waals surface area (Å²) in [7, 11) is -0.532. The van der Waals surface area contributed by atoms with E-state index in [0.717, 1.165) is 0 Å². The molecule has 0 spiro atoms. The zero-order valence-corrected chi connectivity index (χ0v) is 7.46. The van der Waals surface area contributed by atoms with Crippen molar-refractivity contribution in [3.05, 3.63) is 0 Å². The molecule has 0 bridgehead atoms. The second-order valence-corrected chi connectivity index (χ2v) is 6.68. The molecule has 0 N–H and O–H groups in total. The molecule has 2 rings (SSSR count). The second kappa shape index (κ2) is 1.66. The monoisotopic (exact) mass is 158 g/mol. The Morgan fingerprint density at radius 3 is 1.50 bits per heavy atom. The average molecular weight is 158 g/mol. The van der Waals surface area contributed by atoms with Crippen LogP contribution < -0.4 is 0 Å². The lowest BCUT2D eigenvalue weighted by molar-refractivity contribution is 0.661. The fourth-order valence-corrected chi connectivity index (χ4v) is 3.45. The minimum atomic E-state index is -0.532. The number of hydrogen-bond donors (Lipinski definition) is 0. The molecule has 2 heteroatoms. The van der Waals surface area contributed by atoms with Crippen molar-refractivity contribution in [2.45, 2.75) is 49.0 Å². The van der Waals surface area contributed by atoms with Crippen molar-refractivity contribution in [2.75, 3.05) is 0 Å². The predicted octanol–water partition coefficient (Wildman–Crippen LogP) is 1.84. The number of rotatable bonds is 2. The maximum atomic E-state index is 11.7. The summed E-state index contributed by atoms with van der Waals surface area (Å²) < 4.78 is 12.2. The van der Waals surface area contributed by atoms with E-state index in [2.05, 4.69) is 13.8 Å². The largest absolute Gasteiger partial charge is 0.258 e. The first-order chi connectivity index (χ1) is 4.57. The smallest absolute Gasteiger partial charge is 0.0437 e. The van der Waals surface area contributed by atoms with Crippen LogP contribution in [-0.4, -0.2) is 13.7 Å². The van der Waals surface area contributed by atoms with Gasteiger partial charge in [-0.3, -0.25) is 4.21 Å². The van der Waals surface area contributed by atoms with Gasteiger partial charge in [0, 0.05) is 20.3 Å². The van der Waals surface area contributed by atoms with Gasteiger partial charge in [-0.15, -0.1) is 0 Å². The molecule has 0 aromatic heterocycles. The maximum Gasteiger partial charge on any atom is 0.0437 e. The molecule has 2 aliphatic carbocycles. The Hall–Kier alpha value is 0.150. The lowest BCUT2D eigenvalue weighted by atomic mass is 10.5. The fraction of sp³-hybridized carbons (Fsp3) is 1.00. The standard InChI is InChI=1S/C8H14OS/c1-7(3-4-7)10(9)8(2)5-6-8/h3-6H2,1-2H3. The van der Waals surface area contributed by atoms with Crippen LogP contribution in [0.3, 0.4) is 0 Å². The Morgan fingerprint density at radius 2 is 1.30 bits per heavy atom. The summed E-state index contributed by atoms with van der Waals surface area (Å²) in [6, 6.07) is 0. The Labute approximate surface area is 64.7 Å². The van der Waals surface area contributed by atoms with Gasteiger partial charge in [-0.1, -0.05) is 0 Å². The molecule has 2 aliphatic rings. The molecule has 0 atom stereocenters. The van der Waals surface area contributed by atoms with Gasteiger partial charge in [0.15, 0.2) is 0 Å². The molecular weight excluding hydrogens is 144 g/mol. The van der Waals surface area contributed by atoms with E-state index in [1.54, 1.807) is 0 Å². The van der Waals surface area contributed by atoms with Crippen molar-refractivity contribution in [1.82, 2.24) is 0 Å². The SMILES string of the molecule is CC1(S(=O)C2(C)CC2)CC1. The molecule has 2 saturated carbocycles. The van der Waals surface area contributed by atoms with Crippen LogP contribution in [0, 0.1) is 0 Å². The van der Waals surface area contributed by atoms with E-state index < -0.39 is 10.8 Å². The molecule has 0 aliphatic heterocycles. The first kappa shape index (κ1) is 6.84. The first-order valence-electron chi connectivity index (χ1n) is 3.99. The van der Waals surface area contributed by atoms with Gasteiger partial charge in [-0.05, 0) is 39.5 Å². The molecular formula is C8H14OS. The average Bonchev–Trinajstić information content (AvgIpc) is 2.73. The Morgan fingerprint density at radius 1 is 1.00 bits per heavy atom. The van der Waals surface area contributed by atoms with Crippen LogP contribution in [0.1, 0.15) is 39.5 Å². The van der Waals surface area contributed by atoms with Gasteiger partial charge in [-0.25, -0.2) is 0 Å². The van der Waals surface area contributed by atoms with Crippen LogP contribution in [-0.2, 0) is 10.8 Å². The van der Waals surface area contributed by atoms with Crippen LogP contribution >= 0.6 is 0 Å². The summed E-state index contributed by atoms with van der Waals surface area (Å²) in [5.74, 6) is 0. The van der Waals surface area contributed by atoms with Crippen LogP contribution in [0.4, 0.5) is 0 Å². The van der Waals surface area contributed by atoms with E-state index in [1.807, 2.05) is 0 Å². The quantitative estimate of drug-likeness (QED) is 0.599. The summed E-state index contributed by atoms with van der Waals surface area (Å²) in [5.41, 5.74) is 0. The molecule has 10 heavy (non-hydrogen) atoms. The highest BCUT2D eigenvalue weighted by Crippen LogP contribution is 2.53. The Bertz CT molecular complexity index is 169. The Balaban J connectivity index is 2.12. The van der Waals surface area contributed by atoms with E-state index in [4.69, 9.17) is 0 Å². The van der Waals surface area contributed by atoms with Crippen molar-refractivity contribution in [1.29, 1.82) is 0 Å². The minimum Gasteiger partial charge on any atom is -0.258 e. The van der Waals surface area contributed by atoms with Gasteiger partial charge in [-0.2, -0.15) is 0 Å². The molecule has 0 heterocycles. The molecule has 2 fully saturated rings. The van der Waals surface area contributed by atoms with Crippen LogP contribution in [0.25, 0.3) is 0 Å². The summed E-state index contributed by atoms with van der Waals surface area (Å²) in [5, 5.41) is 0. The first-order valence-corrected chi connectivity index (χ1v) is 5.14. The third kappa shape index (κ3) is 0.849. The van der Waals surface area contributed by atoms with E-state index >= 15 is 0 Å². The van der Waals surface area contributed by atoms with E-state index in [9.17, 15) is 4.21 Å². The maximum absolute atomic E-state index is 11.7. The summed E-state index contributed by atoms with van der Waals surface area (Å²) in [6.07, 6.45) is 4.76. The molecule has 0 unspecified atom stereocenters. The minimum absolute atomic E-state index is 0.227. The Kier molecular flexibility index (Phi) is 1.13. The molecule has 0 radical (unpaired) electrons. The molecule has 58 valence electrons. The highest BCUT2D eigenvalue weighted by Gasteiger charge is 2.55. The van der Waals surface area contributed by atoms with Gasteiger partial charge < -0.3 is 0 Å². The van der Waals surface area contributed by atoms with Gasteiger partial charge in [0.2, 0.25) is 0 Å². The molecule has 1 nitrogen and oxygen atoms in total. The van der Waals surface area contributed by atoms with Crippen molar-refractivity contribution in [2.24, 2.45) is 0 Å². The van der Waals surface area contributed by atoms with Gasteiger partial charge in [0.05, 0.1) is 0 Å².